The maximum atomic E-state index is 11.2. The summed E-state index contributed by atoms with van der Waals surface area (Å²) in [6.07, 6.45) is 0.838. The number of fused-ring (bicyclic) bond motifs is 1. The van der Waals surface area contributed by atoms with Crippen molar-refractivity contribution in [1.82, 2.24) is 0 Å². The number of allylic oxidation sites excluding steroid dienone is 1. The van der Waals surface area contributed by atoms with Crippen LogP contribution in [-0.4, -0.2) is 11.6 Å². The fourth-order valence-corrected chi connectivity index (χ4v) is 1.29. The summed E-state index contributed by atoms with van der Waals surface area (Å²) in [5.41, 5.74) is 0.520. The summed E-state index contributed by atoms with van der Waals surface area (Å²) in [7, 11) is 0. The van der Waals surface area contributed by atoms with Gasteiger partial charge in [0.1, 0.15) is 0 Å². The Hall–Kier alpha value is -0.900. The van der Waals surface area contributed by atoms with E-state index >= 15 is 0 Å². The summed E-state index contributed by atoms with van der Waals surface area (Å²) < 4.78 is 0. The molecule has 0 aliphatic heterocycles. The number of hydrogen-bond acceptors (Lipinski definition) is 3. The molecule has 0 heterocycles. The first-order chi connectivity index (χ1) is 6.20. The molecule has 0 atom stereocenters. The van der Waals surface area contributed by atoms with Gasteiger partial charge in [-0.2, -0.15) is 0 Å². The predicted octanol–water partition coefficient (Wildman–Crippen LogP) is -2.84. The second-order valence-corrected chi connectivity index (χ2v) is 2.75. The average molecular weight is 196 g/mol. The van der Waals surface area contributed by atoms with E-state index in [2.05, 4.69) is 0 Å². The SMILES string of the molecule is O=C1C=C([O-])c2ccccc2C1=O.[Na+]. The quantitative estimate of drug-likeness (QED) is 0.331. The van der Waals surface area contributed by atoms with Crippen LogP contribution in [0, 0.1) is 0 Å². The van der Waals surface area contributed by atoms with Crippen molar-refractivity contribution in [3.8, 4) is 0 Å². The molecule has 0 fully saturated rings. The normalized spacial score (nSPS) is 14.1. The van der Waals surface area contributed by atoms with Crippen molar-refractivity contribution in [2.24, 2.45) is 0 Å². The van der Waals surface area contributed by atoms with E-state index in [9.17, 15) is 14.7 Å². The molecule has 0 aromatic heterocycles. The average Bonchev–Trinajstić information content (AvgIpc) is 2.15. The van der Waals surface area contributed by atoms with Gasteiger partial charge in [-0.05, 0) is 11.6 Å². The third-order valence-electron chi connectivity index (χ3n) is 1.92. The van der Waals surface area contributed by atoms with Gasteiger partial charge in [0, 0.05) is 5.56 Å². The summed E-state index contributed by atoms with van der Waals surface area (Å²) in [5.74, 6) is -1.72. The van der Waals surface area contributed by atoms with Crippen LogP contribution < -0.4 is 34.7 Å². The molecular weight excluding hydrogens is 191 g/mol. The second-order valence-electron chi connectivity index (χ2n) is 2.75. The zero-order valence-electron chi connectivity index (χ0n) is 7.61. The molecule has 1 aromatic rings. The van der Waals surface area contributed by atoms with Crippen LogP contribution in [0.15, 0.2) is 30.3 Å². The molecule has 0 bridgehead atoms. The number of ketones is 2. The molecule has 64 valence electrons. The van der Waals surface area contributed by atoms with Gasteiger partial charge in [-0.25, -0.2) is 0 Å². The maximum absolute atomic E-state index is 11.2. The summed E-state index contributed by atoms with van der Waals surface area (Å²) in [6, 6.07) is 6.31. The summed E-state index contributed by atoms with van der Waals surface area (Å²) >= 11 is 0. The van der Waals surface area contributed by atoms with E-state index < -0.39 is 11.6 Å². The Balaban J connectivity index is 0.000000980. The molecule has 3 nitrogen and oxygen atoms in total. The minimum Gasteiger partial charge on any atom is -0.872 e. The summed E-state index contributed by atoms with van der Waals surface area (Å²) in [5, 5.41) is 11.2. The first-order valence-electron chi connectivity index (χ1n) is 3.77. The zero-order valence-corrected chi connectivity index (χ0v) is 9.61. The van der Waals surface area contributed by atoms with Crippen molar-refractivity contribution in [3.05, 3.63) is 41.5 Å². The molecular formula is C10H5NaO3. The Kier molecular flexibility index (Phi) is 3.26. The van der Waals surface area contributed by atoms with Gasteiger partial charge in [0.2, 0.25) is 11.6 Å². The molecule has 4 heteroatoms. The van der Waals surface area contributed by atoms with Crippen molar-refractivity contribution in [2.75, 3.05) is 0 Å². The minimum atomic E-state index is -0.733. The van der Waals surface area contributed by atoms with E-state index in [1.165, 1.54) is 6.07 Å². The van der Waals surface area contributed by atoms with Gasteiger partial charge in [-0.1, -0.05) is 30.0 Å². The van der Waals surface area contributed by atoms with Crippen molar-refractivity contribution >= 4 is 17.3 Å². The van der Waals surface area contributed by atoms with Crippen LogP contribution in [0.4, 0.5) is 0 Å². The molecule has 0 radical (unpaired) electrons. The van der Waals surface area contributed by atoms with E-state index in [1.807, 2.05) is 0 Å². The van der Waals surface area contributed by atoms with Crippen molar-refractivity contribution < 1.29 is 44.3 Å². The van der Waals surface area contributed by atoms with E-state index in [0.717, 1.165) is 6.08 Å². The Morgan fingerprint density at radius 1 is 1.00 bits per heavy atom. The molecule has 0 unspecified atom stereocenters. The number of Topliss-reactive ketones (excluding diaryl/α,β-unsaturated/α-hetero) is 1. The van der Waals surface area contributed by atoms with Crippen molar-refractivity contribution in [2.45, 2.75) is 0 Å². The Morgan fingerprint density at radius 2 is 1.57 bits per heavy atom. The van der Waals surface area contributed by atoms with E-state index in [4.69, 9.17) is 0 Å². The number of carbonyl (C=O) groups is 2. The molecule has 0 N–H and O–H groups in total. The van der Waals surface area contributed by atoms with Gasteiger partial charge < -0.3 is 5.11 Å². The van der Waals surface area contributed by atoms with Crippen LogP contribution >= 0.6 is 0 Å². The summed E-state index contributed by atoms with van der Waals surface area (Å²) in [4.78, 5) is 22.2. The number of rotatable bonds is 0. The van der Waals surface area contributed by atoms with Crippen LogP contribution in [0.5, 0.6) is 0 Å². The molecule has 0 saturated carbocycles. The van der Waals surface area contributed by atoms with Gasteiger partial charge in [0.05, 0.1) is 0 Å². The van der Waals surface area contributed by atoms with Crippen LogP contribution in [0.1, 0.15) is 15.9 Å². The van der Waals surface area contributed by atoms with Gasteiger partial charge >= 0.3 is 29.6 Å². The van der Waals surface area contributed by atoms with Crippen molar-refractivity contribution in [1.29, 1.82) is 0 Å². The predicted molar refractivity (Wildman–Crippen MR) is 43.8 cm³/mol. The molecule has 1 aliphatic rings. The van der Waals surface area contributed by atoms with Crippen LogP contribution in [0.25, 0.3) is 5.76 Å². The minimum absolute atomic E-state index is 0. The van der Waals surface area contributed by atoms with Gasteiger partial charge in [0.15, 0.2) is 0 Å². The molecule has 2 rings (SSSR count). The van der Waals surface area contributed by atoms with Crippen LogP contribution in [-0.2, 0) is 4.79 Å². The Labute approximate surface area is 103 Å². The molecule has 1 aromatic carbocycles. The smallest absolute Gasteiger partial charge is 0.872 e. The topological polar surface area (TPSA) is 57.2 Å². The number of benzene rings is 1. The zero-order chi connectivity index (χ0) is 9.42. The first kappa shape index (κ1) is 11.2. The van der Waals surface area contributed by atoms with Crippen LogP contribution in [0.2, 0.25) is 0 Å². The molecule has 0 saturated heterocycles. The molecule has 0 spiro atoms. The number of hydrogen-bond donors (Lipinski definition) is 0. The standard InChI is InChI=1S/C10H6O3.Na/c11-8-5-9(12)10(13)7-4-2-1-3-6(7)8;/h1-5,11H;/q;+1/p-1. The largest absolute Gasteiger partial charge is 1.00 e. The van der Waals surface area contributed by atoms with E-state index in [1.54, 1.807) is 18.2 Å². The molecule has 14 heavy (non-hydrogen) atoms. The number of carbonyl (C=O) groups excluding carboxylic acids is 2. The maximum Gasteiger partial charge on any atom is 1.00 e. The second kappa shape index (κ2) is 4.09. The van der Waals surface area contributed by atoms with Crippen LogP contribution in [0.3, 0.4) is 0 Å². The first-order valence-corrected chi connectivity index (χ1v) is 3.77. The van der Waals surface area contributed by atoms with E-state index in [0.29, 0.717) is 5.56 Å². The van der Waals surface area contributed by atoms with E-state index in [-0.39, 0.29) is 40.9 Å². The molecule has 0 amide bonds. The Bertz CT molecular complexity index is 435. The molecule has 1 aliphatic carbocycles. The fraction of sp³-hybridized carbons (Fsp3) is 0. The van der Waals surface area contributed by atoms with Gasteiger partial charge in [-0.3, -0.25) is 9.59 Å². The summed E-state index contributed by atoms with van der Waals surface area (Å²) in [6.45, 7) is 0. The monoisotopic (exact) mass is 196 g/mol. The fourth-order valence-electron chi connectivity index (χ4n) is 1.29. The third kappa shape index (κ3) is 1.66. The van der Waals surface area contributed by atoms with Gasteiger partial charge in [0.25, 0.3) is 0 Å². The third-order valence-corrected chi connectivity index (χ3v) is 1.92. The van der Waals surface area contributed by atoms with Crippen molar-refractivity contribution in [3.63, 3.8) is 0 Å². The van der Waals surface area contributed by atoms with Gasteiger partial charge in [-0.15, -0.1) is 0 Å². The Morgan fingerprint density at radius 3 is 2.21 bits per heavy atom.